The van der Waals surface area contributed by atoms with Crippen molar-refractivity contribution in [2.24, 2.45) is 0 Å². The van der Waals surface area contributed by atoms with E-state index in [2.05, 4.69) is 18.2 Å². The van der Waals surface area contributed by atoms with E-state index >= 15 is 0 Å². The van der Waals surface area contributed by atoms with Crippen LogP contribution in [0.4, 0.5) is 0 Å². The van der Waals surface area contributed by atoms with Crippen LogP contribution in [-0.4, -0.2) is 36.5 Å². The average molecular weight is 131 g/mol. The predicted octanol–water partition coefficient (Wildman–Crippen LogP) is 1.05. The second kappa shape index (κ2) is 2.74. The normalized spacial score (nSPS) is 31.5. The van der Waals surface area contributed by atoms with Crippen LogP contribution in [-0.2, 0) is 0 Å². The first kappa shape index (κ1) is 6.43. The lowest BCUT2D eigenvalue weighted by atomic mass is 10.4. The van der Waals surface area contributed by atoms with Crippen LogP contribution >= 0.6 is 11.8 Å². The highest BCUT2D eigenvalue weighted by Crippen LogP contribution is 2.17. The highest BCUT2D eigenvalue weighted by molar-refractivity contribution is 7.99. The molecule has 1 fully saturated rings. The smallest absolute Gasteiger partial charge is 0.0184 e. The van der Waals surface area contributed by atoms with E-state index in [9.17, 15) is 0 Å². The Morgan fingerprint density at radius 1 is 1.62 bits per heavy atom. The Balaban J connectivity index is 2.22. The summed E-state index contributed by atoms with van der Waals surface area (Å²) in [7, 11) is 2.19. The molecule has 1 aliphatic rings. The van der Waals surface area contributed by atoms with Crippen LogP contribution in [0.25, 0.3) is 0 Å². The first-order valence-corrected chi connectivity index (χ1v) is 4.33. The van der Waals surface area contributed by atoms with E-state index < -0.39 is 0 Å². The molecule has 48 valence electrons. The Bertz CT molecular complexity index is 74.9. The molecule has 0 spiro atoms. The van der Waals surface area contributed by atoms with Crippen LogP contribution in [0, 0.1) is 0 Å². The average Bonchev–Trinajstić information content (AvgIpc) is 2.14. The SMILES string of the molecule is CS[C@H]1CCN(C)C1. The van der Waals surface area contributed by atoms with E-state index in [4.69, 9.17) is 0 Å². The van der Waals surface area contributed by atoms with Gasteiger partial charge in [0.15, 0.2) is 0 Å². The van der Waals surface area contributed by atoms with Crippen LogP contribution in [0.2, 0.25) is 0 Å². The van der Waals surface area contributed by atoms with Gasteiger partial charge in [-0.1, -0.05) is 0 Å². The fraction of sp³-hybridized carbons (Fsp3) is 1.00. The minimum absolute atomic E-state index is 0.917. The van der Waals surface area contributed by atoms with Gasteiger partial charge in [-0.25, -0.2) is 0 Å². The van der Waals surface area contributed by atoms with Crippen molar-refractivity contribution in [3.8, 4) is 0 Å². The zero-order valence-electron chi connectivity index (χ0n) is 5.55. The van der Waals surface area contributed by atoms with Gasteiger partial charge in [0.05, 0.1) is 0 Å². The first-order chi connectivity index (χ1) is 3.83. The molecule has 0 N–H and O–H groups in total. The number of likely N-dealkylation sites (tertiary alicyclic amines) is 1. The molecule has 1 atom stereocenters. The summed E-state index contributed by atoms with van der Waals surface area (Å²) in [5, 5.41) is 0.917. The third kappa shape index (κ3) is 1.39. The maximum Gasteiger partial charge on any atom is 0.0184 e. The van der Waals surface area contributed by atoms with Crippen molar-refractivity contribution in [3.05, 3.63) is 0 Å². The van der Waals surface area contributed by atoms with E-state index in [1.807, 2.05) is 11.8 Å². The molecule has 0 saturated carbocycles. The summed E-state index contributed by atoms with van der Waals surface area (Å²) < 4.78 is 0. The molecule has 8 heavy (non-hydrogen) atoms. The molecule has 0 unspecified atom stereocenters. The standard InChI is InChI=1S/C6H13NS/c1-7-4-3-6(5-7)8-2/h6H,3-5H2,1-2H3/t6-/m0/s1. The maximum atomic E-state index is 2.39. The molecule has 0 aromatic rings. The summed E-state index contributed by atoms with van der Waals surface area (Å²) in [4.78, 5) is 2.39. The minimum Gasteiger partial charge on any atom is -0.305 e. The van der Waals surface area contributed by atoms with Gasteiger partial charge in [0.1, 0.15) is 0 Å². The third-order valence-electron chi connectivity index (χ3n) is 1.68. The fourth-order valence-electron chi connectivity index (χ4n) is 1.09. The minimum atomic E-state index is 0.917. The number of thioether (sulfide) groups is 1. The van der Waals surface area contributed by atoms with Gasteiger partial charge < -0.3 is 4.90 Å². The summed E-state index contributed by atoms with van der Waals surface area (Å²) in [6, 6.07) is 0. The van der Waals surface area contributed by atoms with Crippen molar-refractivity contribution < 1.29 is 0 Å². The molecule has 0 aromatic carbocycles. The van der Waals surface area contributed by atoms with Crippen molar-refractivity contribution >= 4 is 11.8 Å². The molecule has 2 heteroatoms. The monoisotopic (exact) mass is 131 g/mol. The summed E-state index contributed by atoms with van der Waals surface area (Å²) in [5.74, 6) is 0. The summed E-state index contributed by atoms with van der Waals surface area (Å²) in [6.07, 6.45) is 3.58. The highest BCUT2D eigenvalue weighted by atomic mass is 32.2. The van der Waals surface area contributed by atoms with Gasteiger partial charge in [-0.3, -0.25) is 0 Å². The van der Waals surface area contributed by atoms with Gasteiger partial charge in [-0.15, -0.1) is 0 Å². The van der Waals surface area contributed by atoms with E-state index in [0.29, 0.717) is 0 Å². The lowest BCUT2D eigenvalue weighted by molar-refractivity contribution is 0.419. The van der Waals surface area contributed by atoms with Crippen molar-refractivity contribution in [3.63, 3.8) is 0 Å². The topological polar surface area (TPSA) is 3.24 Å². The Kier molecular flexibility index (Phi) is 2.20. The zero-order valence-corrected chi connectivity index (χ0v) is 6.37. The van der Waals surface area contributed by atoms with Crippen molar-refractivity contribution in [1.82, 2.24) is 4.90 Å². The molecule has 0 radical (unpaired) electrons. The fourth-order valence-corrected chi connectivity index (χ4v) is 1.83. The van der Waals surface area contributed by atoms with E-state index in [0.717, 1.165) is 5.25 Å². The van der Waals surface area contributed by atoms with Crippen LogP contribution in [0.5, 0.6) is 0 Å². The van der Waals surface area contributed by atoms with E-state index in [-0.39, 0.29) is 0 Å². The van der Waals surface area contributed by atoms with Crippen molar-refractivity contribution in [1.29, 1.82) is 0 Å². The van der Waals surface area contributed by atoms with E-state index in [1.54, 1.807) is 0 Å². The highest BCUT2D eigenvalue weighted by Gasteiger charge is 2.17. The lowest BCUT2D eigenvalue weighted by Crippen LogP contribution is -2.14. The van der Waals surface area contributed by atoms with Gasteiger partial charge in [-0.05, 0) is 26.3 Å². The second-order valence-corrected chi connectivity index (χ2v) is 3.55. The third-order valence-corrected chi connectivity index (χ3v) is 2.73. The molecule has 0 aromatic heterocycles. The van der Waals surface area contributed by atoms with Gasteiger partial charge in [0.2, 0.25) is 0 Å². The molecule has 0 aliphatic carbocycles. The van der Waals surface area contributed by atoms with Crippen LogP contribution in [0.15, 0.2) is 0 Å². The summed E-state index contributed by atoms with van der Waals surface area (Å²) in [6.45, 7) is 2.59. The number of hydrogen-bond acceptors (Lipinski definition) is 2. The van der Waals surface area contributed by atoms with Crippen molar-refractivity contribution in [2.75, 3.05) is 26.4 Å². The Morgan fingerprint density at radius 2 is 2.38 bits per heavy atom. The van der Waals surface area contributed by atoms with Gasteiger partial charge >= 0.3 is 0 Å². The first-order valence-electron chi connectivity index (χ1n) is 3.04. The Labute approximate surface area is 55.4 Å². The Hall–Kier alpha value is 0.310. The molecule has 0 amide bonds. The van der Waals surface area contributed by atoms with E-state index in [1.165, 1.54) is 19.5 Å². The van der Waals surface area contributed by atoms with Crippen LogP contribution < -0.4 is 0 Å². The molecular formula is C6H13NS. The second-order valence-electron chi connectivity index (χ2n) is 2.41. The zero-order chi connectivity index (χ0) is 5.98. The largest absolute Gasteiger partial charge is 0.305 e. The lowest BCUT2D eigenvalue weighted by Gasteiger charge is -2.05. The quantitative estimate of drug-likeness (QED) is 0.523. The van der Waals surface area contributed by atoms with Gasteiger partial charge in [0, 0.05) is 11.8 Å². The van der Waals surface area contributed by atoms with Crippen molar-refractivity contribution in [2.45, 2.75) is 11.7 Å². The molecule has 1 rings (SSSR count). The molecule has 1 aliphatic heterocycles. The van der Waals surface area contributed by atoms with Gasteiger partial charge in [0.25, 0.3) is 0 Å². The maximum absolute atomic E-state index is 2.39. The molecule has 1 nitrogen and oxygen atoms in total. The van der Waals surface area contributed by atoms with Crippen LogP contribution in [0.3, 0.4) is 0 Å². The molecule has 0 bridgehead atoms. The molecule has 1 heterocycles. The molecule has 1 saturated heterocycles. The van der Waals surface area contributed by atoms with Crippen LogP contribution in [0.1, 0.15) is 6.42 Å². The number of hydrogen-bond donors (Lipinski definition) is 0. The summed E-state index contributed by atoms with van der Waals surface area (Å²) >= 11 is 1.99. The number of nitrogens with zero attached hydrogens (tertiary/aromatic N) is 1. The summed E-state index contributed by atoms with van der Waals surface area (Å²) in [5.41, 5.74) is 0. The molecular weight excluding hydrogens is 118 g/mol. The Morgan fingerprint density at radius 3 is 2.62 bits per heavy atom. The van der Waals surface area contributed by atoms with Gasteiger partial charge in [-0.2, -0.15) is 11.8 Å². The number of rotatable bonds is 1. The predicted molar refractivity (Wildman–Crippen MR) is 39.4 cm³/mol.